The summed E-state index contributed by atoms with van der Waals surface area (Å²) in [6.45, 7) is 6.90. The van der Waals surface area contributed by atoms with Crippen molar-refractivity contribution in [3.8, 4) is 0 Å². The molecule has 2 aromatic rings. The smallest absolute Gasteiger partial charge is 0.223 e. The monoisotopic (exact) mass is 525 g/mol. The summed E-state index contributed by atoms with van der Waals surface area (Å²) in [4.78, 5) is 18.7. The maximum Gasteiger partial charge on any atom is 0.223 e. The molecule has 2 heterocycles. The van der Waals surface area contributed by atoms with E-state index in [1.165, 1.54) is 11.1 Å². The zero-order valence-electron chi connectivity index (χ0n) is 18.0. The van der Waals surface area contributed by atoms with Gasteiger partial charge in [-0.05, 0) is 24.0 Å². The number of amides is 1. The van der Waals surface area contributed by atoms with Crippen LogP contribution in [0.15, 0.2) is 33.8 Å². The summed E-state index contributed by atoms with van der Waals surface area (Å²) in [6, 6.07) is 8.26. The number of nitrogens with zero attached hydrogens (tertiary/aromatic N) is 3. The maximum atomic E-state index is 12.5. The fourth-order valence-corrected chi connectivity index (χ4v) is 3.64. The van der Waals surface area contributed by atoms with Crippen LogP contribution in [0.25, 0.3) is 0 Å². The van der Waals surface area contributed by atoms with Crippen molar-refractivity contribution in [2.45, 2.75) is 59.2 Å². The zero-order valence-corrected chi connectivity index (χ0v) is 20.4. The van der Waals surface area contributed by atoms with Crippen molar-refractivity contribution in [1.82, 2.24) is 20.7 Å². The normalized spacial score (nSPS) is 13.0. The molecule has 0 saturated carbocycles. The summed E-state index contributed by atoms with van der Waals surface area (Å²) in [5, 5.41) is 10.7. The summed E-state index contributed by atoms with van der Waals surface area (Å²) >= 11 is 0. The molecule has 0 saturated heterocycles. The number of nitrogens with one attached hydrogen (secondary N) is 2. The topological polar surface area (TPSA) is 82.8 Å². The number of hydrogen-bond acceptors (Lipinski definition) is 4. The van der Waals surface area contributed by atoms with Crippen molar-refractivity contribution in [2.75, 3.05) is 13.6 Å². The van der Waals surface area contributed by atoms with Crippen LogP contribution in [0, 0.1) is 0 Å². The number of aliphatic imine (C=N–C) groups is 1. The van der Waals surface area contributed by atoms with E-state index in [0.717, 1.165) is 55.3 Å². The highest BCUT2D eigenvalue weighted by molar-refractivity contribution is 14.0. The van der Waals surface area contributed by atoms with Crippen LogP contribution in [0.2, 0.25) is 0 Å². The average molecular weight is 525 g/mol. The van der Waals surface area contributed by atoms with E-state index in [1.54, 1.807) is 7.05 Å². The highest BCUT2D eigenvalue weighted by Gasteiger charge is 2.22. The molecule has 0 radical (unpaired) electrons. The number of aryl methyl sites for hydroxylation is 2. The van der Waals surface area contributed by atoms with Gasteiger partial charge in [0.25, 0.3) is 0 Å². The Hall–Kier alpha value is -2.10. The summed E-state index contributed by atoms with van der Waals surface area (Å²) in [5.74, 6) is 1.84. The van der Waals surface area contributed by atoms with Crippen LogP contribution in [0.5, 0.6) is 0 Å². The summed E-state index contributed by atoms with van der Waals surface area (Å²) in [7, 11) is 1.75. The molecule has 164 valence electrons. The molecule has 0 aliphatic carbocycles. The Morgan fingerprint density at radius 3 is 2.47 bits per heavy atom. The van der Waals surface area contributed by atoms with Gasteiger partial charge in [0.05, 0.1) is 5.69 Å². The Bertz CT molecular complexity index is 818. The average Bonchev–Trinajstić information content (AvgIpc) is 3.36. The second-order valence-corrected chi connectivity index (χ2v) is 7.21. The van der Waals surface area contributed by atoms with E-state index in [4.69, 9.17) is 4.52 Å². The quantitative estimate of drug-likeness (QED) is 0.239. The Morgan fingerprint density at radius 2 is 1.87 bits per heavy atom. The van der Waals surface area contributed by atoms with Crippen LogP contribution in [0.4, 0.5) is 0 Å². The van der Waals surface area contributed by atoms with Gasteiger partial charge < -0.3 is 20.1 Å². The third-order valence-corrected chi connectivity index (χ3v) is 5.32. The number of fused-ring (bicyclic) bond motifs is 1. The third-order valence-electron chi connectivity index (χ3n) is 5.32. The molecule has 0 unspecified atom stereocenters. The first-order valence-corrected chi connectivity index (χ1v) is 10.4. The van der Waals surface area contributed by atoms with Gasteiger partial charge in [-0.25, -0.2) is 0 Å². The minimum atomic E-state index is 0. The van der Waals surface area contributed by atoms with Gasteiger partial charge in [0.15, 0.2) is 5.96 Å². The van der Waals surface area contributed by atoms with E-state index in [-0.39, 0.29) is 29.9 Å². The number of carbonyl (C=O) groups is 1. The number of carbonyl (C=O) groups excluding carboxylic acids is 1. The lowest BCUT2D eigenvalue weighted by Gasteiger charge is -2.16. The van der Waals surface area contributed by atoms with Gasteiger partial charge in [-0.1, -0.05) is 43.3 Å². The van der Waals surface area contributed by atoms with E-state index < -0.39 is 0 Å². The van der Waals surface area contributed by atoms with E-state index in [0.29, 0.717) is 19.5 Å². The van der Waals surface area contributed by atoms with E-state index in [2.05, 4.69) is 46.8 Å². The van der Waals surface area contributed by atoms with Gasteiger partial charge in [0.2, 0.25) is 5.91 Å². The number of rotatable bonds is 8. The number of benzene rings is 1. The highest BCUT2D eigenvalue weighted by Crippen LogP contribution is 2.22. The molecule has 1 aromatic heterocycles. The van der Waals surface area contributed by atoms with Crippen molar-refractivity contribution in [2.24, 2.45) is 4.99 Å². The van der Waals surface area contributed by atoms with Crippen LogP contribution in [0.1, 0.15) is 54.8 Å². The first-order chi connectivity index (χ1) is 14.2. The van der Waals surface area contributed by atoms with Gasteiger partial charge in [0.1, 0.15) is 5.76 Å². The molecule has 1 aliphatic heterocycles. The Kier molecular flexibility index (Phi) is 9.61. The number of aromatic nitrogens is 1. The molecule has 1 amide bonds. The standard InChI is InChI=1S/C22H31N5O2.HI/c1-4-19-18(20(5-2)29-26-19)13-25-22(23-3)24-12-8-11-21(28)27-14-16-9-6-7-10-17(16)15-27;/h6-7,9-10H,4-5,8,11-15H2,1-3H3,(H2,23,24,25);1H. The van der Waals surface area contributed by atoms with Crippen molar-refractivity contribution in [3.63, 3.8) is 0 Å². The molecule has 2 N–H and O–H groups in total. The van der Waals surface area contributed by atoms with Crippen LogP contribution < -0.4 is 10.6 Å². The first-order valence-electron chi connectivity index (χ1n) is 10.4. The summed E-state index contributed by atoms with van der Waals surface area (Å²) < 4.78 is 5.41. The van der Waals surface area contributed by atoms with E-state index in [9.17, 15) is 4.79 Å². The lowest BCUT2D eigenvalue weighted by molar-refractivity contribution is -0.131. The summed E-state index contributed by atoms with van der Waals surface area (Å²) in [5.41, 5.74) is 4.62. The lowest BCUT2D eigenvalue weighted by atomic mass is 10.1. The Balaban J connectivity index is 0.00000320. The van der Waals surface area contributed by atoms with E-state index >= 15 is 0 Å². The van der Waals surface area contributed by atoms with Crippen molar-refractivity contribution >= 4 is 35.8 Å². The molecule has 3 rings (SSSR count). The summed E-state index contributed by atoms with van der Waals surface area (Å²) in [6.07, 6.45) is 2.96. The number of guanidine groups is 1. The predicted molar refractivity (Wildman–Crippen MR) is 129 cm³/mol. The molecule has 1 aromatic carbocycles. The molecular formula is C22H32IN5O2. The van der Waals surface area contributed by atoms with Gasteiger partial charge in [-0.15, -0.1) is 24.0 Å². The first kappa shape index (κ1) is 24.2. The molecule has 1 aliphatic rings. The molecule has 0 spiro atoms. The van der Waals surface area contributed by atoms with Gasteiger partial charge in [0, 0.05) is 51.6 Å². The lowest BCUT2D eigenvalue weighted by Crippen LogP contribution is -2.38. The van der Waals surface area contributed by atoms with Crippen LogP contribution >= 0.6 is 24.0 Å². The molecule has 0 bridgehead atoms. The number of halogens is 1. The molecule has 30 heavy (non-hydrogen) atoms. The van der Waals surface area contributed by atoms with Crippen molar-refractivity contribution in [1.29, 1.82) is 0 Å². The van der Waals surface area contributed by atoms with Crippen LogP contribution in [0.3, 0.4) is 0 Å². The van der Waals surface area contributed by atoms with Gasteiger partial charge in [-0.3, -0.25) is 9.79 Å². The van der Waals surface area contributed by atoms with Gasteiger partial charge >= 0.3 is 0 Å². The molecule has 8 heteroatoms. The molecule has 0 atom stereocenters. The third kappa shape index (κ3) is 5.96. The maximum absolute atomic E-state index is 12.5. The van der Waals surface area contributed by atoms with Crippen LogP contribution in [-0.2, 0) is 37.3 Å². The SMILES string of the molecule is CCc1noc(CC)c1CNC(=NC)NCCCC(=O)N1Cc2ccccc2C1.I. The fourth-order valence-electron chi connectivity index (χ4n) is 3.64. The molecule has 7 nitrogen and oxygen atoms in total. The largest absolute Gasteiger partial charge is 0.361 e. The Morgan fingerprint density at radius 1 is 1.17 bits per heavy atom. The molecular weight excluding hydrogens is 493 g/mol. The number of hydrogen-bond donors (Lipinski definition) is 2. The molecule has 0 fully saturated rings. The Labute approximate surface area is 195 Å². The fraction of sp³-hybridized carbons (Fsp3) is 0.500. The predicted octanol–water partition coefficient (Wildman–Crippen LogP) is 3.41. The van der Waals surface area contributed by atoms with Crippen molar-refractivity contribution < 1.29 is 9.32 Å². The zero-order chi connectivity index (χ0) is 20.6. The highest BCUT2D eigenvalue weighted by atomic mass is 127. The van der Waals surface area contributed by atoms with E-state index in [1.807, 2.05) is 17.0 Å². The van der Waals surface area contributed by atoms with Gasteiger partial charge in [-0.2, -0.15) is 0 Å². The van der Waals surface area contributed by atoms with Crippen molar-refractivity contribution in [3.05, 3.63) is 52.4 Å². The minimum Gasteiger partial charge on any atom is -0.361 e. The van der Waals surface area contributed by atoms with Crippen LogP contribution in [-0.4, -0.2) is 35.5 Å². The minimum absolute atomic E-state index is 0. The second kappa shape index (κ2) is 11.9. The second-order valence-electron chi connectivity index (χ2n) is 7.21.